The topological polar surface area (TPSA) is 112 Å². The summed E-state index contributed by atoms with van der Waals surface area (Å²) in [6, 6.07) is 20.0. The summed E-state index contributed by atoms with van der Waals surface area (Å²) in [5.74, 6) is -3.47. The highest BCUT2D eigenvalue weighted by atomic mass is 35.5. The van der Waals surface area contributed by atoms with Crippen LogP contribution in [0.3, 0.4) is 0 Å². The molecule has 2 atom stereocenters. The Bertz CT molecular complexity index is 1340. The largest absolute Gasteiger partial charge is 0.480 e. The molecule has 0 amide bonds. The number of rotatable bonds is 8. The van der Waals surface area contributed by atoms with Gasteiger partial charge in [-0.3, -0.25) is 9.59 Å². The van der Waals surface area contributed by atoms with Gasteiger partial charge in [0.1, 0.15) is 12.1 Å². The summed E-state index contributed by atoms with van der Waals surface area (Å²) in [6.45, 7) is 0.923. The van der Waals surface area contributed by atoms with Crippen LogP contribution in [0.25, 0.3) is 11.1 Å². The molecular formula is C25H22ClNO6S. The minimum absolute atomic E-state index is 0.0131. The maximum absolute atomic E-state index is 13.6. The van der Waals surface area contributed by atoms with Gasteiger partial charge in [-0.25, -0.2) is 8.42 Å². The van der Waals surface area contributed by atoms with Gasteiger partial charge in [0.15, 0.2) is 0 Å². The number of benzene rings is 3. The van der Waals surface area contributed by atoms with Crippen LogP contribution in [-0.4, -0.2) is 47.0 Å². The number of carboxylic acids is 2. The van der Waals surface area contributed by atoms with Crippen LogP contribution in [0.5, 0.6) is 0 Å². The number of halogens is 1. The van der Waals surface area contributed by atoms with Crippen molar-refractivity contribution in [1.29, 1.82) is 0 Å². The summed E-state index contributed by atoms with van der Waals surface area (Å²) < 4.78 is 27.7. The van der Waals surface area contributed by atoms with E-state index in [0.29, 0.717) is 14.9 Å². The van der Waals surface area contributed by atoms with Gasteiger partial charge in [-0.1, -0.05) is 65.7 Å². The van der Waals surface area contributed by atoms with E-state index in [1.165, 1.54) is 12.1 Å². The van der Waals surface area contributed by atoms with E-state index < -0.39 is 40.0 Å². The van der Waals surface area contributed by atoms with Gasteiger partial charge in [0.2, 0.25) is 10.0 Å². The van der Waals surface area contributed by atoms with Crippen LogP contribution in [-0.2, 0) is 19.6 Å². The fourth-order valence-electron chi connectivity index (χ4n) is 4.22. The van der Waals surface area contributed by atoms with Crippen molar-refractivity contribution in [3.8, 4) is 11.1 Å². The van der Waals surface area contributed by atoms with E-state index in [-0.39, 0.29) is 11.3 Å². The van der Waals surface area contributed by atoms with Crippen LogP contribution in [0.15, 0.2) is 77.7 Å². The third-order valence-electron chi connectivity index (χ3n) is 6.13. The second-order valence-electron chi connectivity index (χ2n) is 8.33. The second kappa shape index (κ2) is 8.87. The van der Waals surface area contributed by atoms with Gasteiger partial charge in [0.25, 0.3) is 0 Å². The zero-order valence-corrected chi connectivity index (χ0v) is 19.8. The second-order valence-corrected chi connectivity index (χ2v) is 10.6. The number of carbonyl (C=O) groups is 2. The molecule has 9 heteroatoms. The van der Waals surface area contributed by atoms with E-state index in [9.17, 15) is 28.2 Å². The third-order valence-corrected chi connectivity index (χ3v) is 8.28. The minimum atomic E-state index is -4.44. The zero-order valence-electron chi connectivity index (χ0n) is 18.2. The molecule has 2 unspecified atom stereocenters. The van der Waals surface area contributed by atoms with Crippen molar-refractivity contribution in [1.82, 2.24) is 4.31 Å². The standard InChI is InChI=1S/C25H22ClNO6S/c1-16-2-4-19(5-3-16)22-14-25(22,24(30)31)27(15-23(28)29)34(32,33)21-12-8-18(9-13-21)17-6-10-20(26)11-7-17/h2-13,22H,14-15H2,1H3,(H,28,29)(H,30,31). The molecule has 0 radical (unpaired) electrons. The van der Waals surface area contributed by atoms with E-state index in [0.717, 1.165) is 16.7 Å². The van der Waals surface area contributed by atoms with E-state index >= 15 is 0 Å². The lowest BCUT2D eigenvalue weighted by atomic mass is 10.0. The molecule has 1 saturated carbocycles. The first-order valence-corrected chi connectivity index (χ1v) is 12.3. The lowest BCUT2D eigenvalue weighted by molar-refractivity contribution is -0.145. The van der Waals surface area contributed by atoms with Gasteiger partial charge in [0.05, 0.1) is 4.90 Å². The van der Waals surface area contributed by atoms with Crippen molar-refractivity contribution in [2.75, 3.05) is 6.54 Å². The Morgan fingerprint density at radius 1 is 0.941 bits per heavy atom. The summed E-state index contributed by atoms with van der Waals surface area (Å²) >= 11 is 5.92. The Kier molecular flexibility index (Phi) is 6.24. The molecule has 7 nitrogen and oxygen atoms in total. The Labute approximate surface area is 202 Å². The molecule has 0 aliphatic heterocycles. The van der Waals surface area contributed by atoms with Crippen molar-refractivity contribution in [3.63, 3.8) is 0 Å². The van der Waals surface area contributed by atoms with Crippen molar-refractivity contribution in [2.45, 2.75) is 29.7 Å². The van der Waals surface area contributed by atoms with Gasteiger partial charge in [-0.05, 0) is 54.3 Å². The average Bonchev–Trinajstić information content (AvgIpc) is 3.55. The van der Waals surface area contributed by atoms with Crippen LogP contribution in [0, 0.1) is 6.92 Å². The quantitative estimate of drug-likeness (QED) is 0.475. The summed E-state index contributed by atoms with van der Waals surface area (Å²) in [7, 11) is -4.44. The zero-order chi connectivity index (χ0) is 24.7. The molecule has 0 aromatic heterocycles. The lowest BCUT2D eigenvalue weighted by Gasteiger charge is -2.28. The molecule has 0 saturated heterocycles. The number of sulfonamides is 1. The molecule has 2 N–H and O–H groups in total. The Morgan fingerprint density at radius 2 is 1.47 bits per heavy atom. The number of aliphatic carboxylic acids is 2. The van der Waals surface area contributed by atoms with E-state index in [4.69, 9.17) is 11.6 Å². The molecule has 34 heavy (non-hydrogen) atoms. The summed E-state index contributed by atoms with van der Waals surface area (Å²) in [4.78, 5) is 23.8. The number of carboxylic acid groups (broad SMARTS) is 2. The SMILES string of the molecule is Cc1ccc(C2CC2(C(=O)O)N(CC(=O)O)S(=O)(=O)c2ccc(-c3ccc(Cl)cc3)cc2)cc1. The molecule has 1 aliphatic carbocycles. The molecule has 0 spiro atoms. The number of nitrogens with zero attached hydrogens (tertiary/aromatic N) is 1. The maximum Gasteiger partial charge on any atom is 0.325 e. The van der Waals surface area contributed by atoms with Gasteiger partial charge >= 0.3 is 11.9 Å². The van der Waals surface area contributed by atoms with Crippen LogP contribution in [0.1, 0.15) is 23.5 Å². The normalized spacial score (nSPS) is 19.7. The number of hydrogen-bond acceptors (Lipinski definition) is 4. The summed E-state index contributed by atoms with van der Waals surface area (Å²) in [5.41, 5.74) is 1.30. The fourth-order valence-corrected chi connectivity index (χ4v) is 6.07. The Hall–Kier alpha value is -3.20. The highest BCUT2D eigenvalue weighted by molar-refractivity contribution is 7.89. The number of aryl methyl sites for hydroxylation is 1. The molecule has 1 aliphatic rings. The lowest BCUT2D eigenvalue weighted by Crippen LogP contribution is -2.50. The smallest absolute Gasteiger partial charge is 0.325 e. The monoisotopic (exact) mass is 499 g/mol. The predicted octanol–water partition coefficient (Wildman–Crippen LogP) is 4.40. The molecular weight excluding hydrogens is 478 g/mol. The van der Waals surface area contributed by atoms with Crippen LogP contribution < -0.4 is 0 Å². The predicted molar refractivity (Wildman–Crippen MR) is 127 cm³/mol. The maximum atomic E-state index is 13.6. The molecule has 176 valence electrons. The van der Waals surface area contributed by atoms with Crippen molar-refractivity contribution in [3.05, 3.63) is 88.9 Å². The van der Waals surface area contributed by atoms with E-state index in [1.807, 2.05) is 19.1 Å². The van der Waals surface area contributed by atoms with E-state index in [2.05, 4.69) is 0 Å². The highest BCUT2D eigenvalue weighted by Crippen LogP contribution is 2.57. The summed E-state index contributed by atoms with van der Waals surface area (Å²) in [5, 5.41) is 20.1. The van der Waals surface area contributed by atoms with Crippen LogP contribution in [0.4, 0.5) is 0 Å². The number of hydrogen-bond donors (Lipinski definition) is 2. The molecule has 0 bridgehead atoms. The van der Waals surface area contributed by atoms with Gasteiger partial charge in [-0.2, -0.15) is 4.31 Å². The van der Waals surface area contributed by atoms with Gasteiger partial charge in [0, 0.05) is 10.9 Å². The highest BCUT2D eigenvalue weighted by Gasteiger charge is 2.68. The van der Waals surface area contributed by atoms with Crippen LogP contribution in [0.2, 0.25) is 5.02 Å². The first-order valence-electron chi connectivity index (χ1n) is 10.5. The molecule has 1 fully saturated rings. The molecule has 3 aromatic carbocycles. The average molecular weight is 500 g/mol. The van der Waals surface area contributed by atoms with Crippen molar-refractivity contribution >= 4 is 33.6 Å². The Morgan fingerprint density at radius 3 is 1.97 bits per heavy atom. The van der Waals surface area contributed by atoms with Gasteiger partial charge < -0.3 is 10.2 Å². The summed E-state index contributed by atoms with van der Waals surface area (Å²) in [6.07, 6.45) is -0.0131. The van der Waals surface area contributed by atoms with Crippen LogP contribution >= 0.6 is 11.6 Å². The Balaban J connectivity index is 1.72. The van der Waals surface area contributed by atoms with Gasteiger partial charge in [-0.15, -0.1) is 0 Å². The first-order chi connectivity index (χ1) is 16.1. The molecule has 0 heterocycles. The minimum Gasteiger partial charge on any atom is -0.480 e. The molecule has 3 aromatic rings. The van der Waals surface area contributed by atoms with E-state index in [1.54, 1.807) is 48.5 Å². The third kappa shape index (κ3) is 4.32. The first kappa shape index (κ1) is 23.9. The van der Waals surface area contributed by atoms with Crippen molar-refractivity contribution in [2.24, 2.45) is 0 Å². The molecule has 4 rings (SSSR count). The van der Waals surface area contributed by atoms with Crippen molar-refractivity contribution < 1.29 is 28.2 Å². The fraction of sp³-hybridized carbons (Fsp3) is 0.200.